The molecule has 0 aliphatic heterocycles. The van der Waals surface area contributed by atoms with Gasteiger partial charge in [0.15, 0.2) is 0 Å². The largest absolute Gasteiger partial charge is 0.330 e. The van der Waals surface area contributed by atoms with Crippen molar-refractivity contribution in [3.8, 4) is 0 Å². The molecule has 1 heteroatoms. The summed E-state index contributed by atoms with van der Waals surface area (Å²) in [6, 6.07) is 0. The summed E-state index contributed by atoms with van der Waals surface area (Å²) in [6.07, 6.45) is 6.79. The number of nitrogens with two attached hydrogens (primary N) is 1. The highest BCUT2D eigenvalue weighted by molar-refractivity contribution is 4.52. The second-order valence-corrected chi connectivity index (χ2v) is 3.19. The summed E-state index contributed by atoms with van der Waals surface area (Å²) in [4.78, 5) is 0. The van der Waals surface area contributed by atoms with Gasteiger partial charge in [0.05, 0.1) is 0 Å². The van der Waals surface area contributed by atoms with Crippen molar-refractivity contribution in [1.82, 2.24) is 0 Å². The third-order valence-electron chi connectivity index (χ3n) is 1.95. The van der Waals surface area contributed by atoms with Gasteiger partial charge in [-0.3, -0.25) is 0 Å². The Morgan fingerprint density at radius 1 is 1.20 bits per heavy atom. The van der Waals surface area contributed by atoms with E-state index in [1.165, 1.54) is 32.1 Å². The molecule has 10 heavy (non-hydrogen) atoms. The second kappa shape index (κ2) is 7.07. The lowest BCUT2D eigenvalue weighted by atomic mass is 10.0. The normalized spacial score (nSPS) is 13.5. The molecule has 1 nitrogen and oxygen atoms in total. The Balaban J connectivity index is 2.89. The Morgan fingerprint density at radius 3 is 2.40 bits per heavy atom. The predicted molar refractivity (Wildman–Crippen MR) is 47.0 cm³/mol. The van der Waals surface area contributed by atoms with Gasteiger partial charge in [-0.1, -0.05) is 39.5 Å². The van der Waals surface area contributed by atoms with Gasteiger partial charge < -0.3 is 5.73 Å². The van der Waals surface area contributed by atoms with Crippen molar-refractivity contribution >= 4 is 0 Å². The number of rotatable bonds is 6. The monoisotopic (exact) mass is 143 g/mol. The lowest BCUT2D eigenvalue weighted by molar-refractivity contribution is 0.498. The summed E-state index contributed by atoms with van der Waals surface area (Å²) in [5.41, 5.74) is 5.49. The third kappa shape index (κ3) is 6.09. The van der Waals surface area contributed by atoms with Crippen LogP contribution in [-0.4, -0.2) is 6.54 Å². The summed E-state index contributed by atoms with van der Waals surface area (Å²) in [5, 5.41) is 0. The highest BCUT2D eigenvalue weighted by atomic mass is 14.5. The van der Waals surface area contributed by atoms with Crippen LogP contribution in [0.1, 0.15) is 46.0 Å². The van der Waals surface area contributed by atoms with Gasteiger partial charge >= 0.3 is 0 Å². The predicted octanol–water partition coefficient (Wildman–Crippen LogP) is 2.55. The summed E-state index contributed by atoms with van der Waals surface area (Å²) in [5.74, 6) is 0.733. The number of hydrogen-bond donors (Lipinski definition) is 1. The Morgan fingerprint density at radius 2 is 1.90 bits per heavy atom. The van der Waals surface area contributed by atoms with Gasteiger partial charge in [-0.2, -0.15) is 0 Å². The fraction of sp³-hybridized carbons (Fsp3) is 1.00. The van der Waals surface area contributed by atoms with E-state index in [0.717, 1.165) is 12.5 Å². The van der Waals surface area contributed by atoms with E-state index < -0.39 is 0 Å². The molecule has 0 spiro atoms. The maximum Gasteiger partial charge on any atom is -0.00515 e. The summed E-state index contributed by atoms with van der Waals surface area (Å²) in [7, 11) is 0. The Hall–Kier alpha value is -0.0400. The van der Waals surface area contributed by atoms with Crippen molar-refractivity contribution in [2.75, 3.05) is 6.54 Å². The molecule has 0 rings (SSSR count). The first-order chi connectivity index (χ1) is 4.81. The van der Waals surface area contributed by atoms with E-state index in [9.17, 15) is 0 Å². The molecular formula is C9H21N. The summed E-state index contributed by atoms with van der Waals surface area (Å²) < 4.78 is 0. The zero-order chi connectivity index (χ0) is 7.82. The fourth-order valence-electron chi connectivity index (χ4n) is 1.04. The Labute approximate surface area is 65.0 Å². The minimum absolute atomic E-state index is 0.733. The number of unbranched alkanes of at least 4 members (excludes halogenated alkanes) is 3. The maximum atomic E-state index is 5.49. The summed E-state index contributed by atoms with van der Waals surface area (Å²) >= 11 is 0. The molecule has 0 heterocycles. The fourth-order valence-corrected chi connectivity index (χ4v) is 1.04. The standard InChI is InChI=1S/C9H21N/c1-3-4-5-6-7-9(2)8-10/h9H,3-8,10H2,1-2H3/t9-/m1/s1. The van der Waals surface area contributed by atoms with E-state index in [0.29, 0.717) is 0 Å². The number of hydrogen-bond acceptors (Lipinski definition) is 1. The minimum Gasteiger partial charge on any atom is -0.330 e. The van der Waals surface area contributed by atoms with Crippen molar-refractivity contribution in [2.24, 2.45) is 11.7 Å². The van der Waals surface area contributed by atoms with Crippen molar-refractivity contribution in [3.63, 3.8) is 0 Å². The van der Waals surface area contributed by atoms with Crippen LogP contribution in [0, 0.1) is 5.92 Å². The lowest BCUT2D eigenvalue weighted by Crippen LogP contribution is -2.10. The van der Waals surface area contributed by atoms with Gasteiger partial charge in [0.2, 0.25) is 0 Å². The SMILES string of the molecule is CCCCCC[C@@H](C)CN. The van der Waals surface area contributed by atoms with E-state index in [4.69, 9.17) is 5.73 Å². The molecule has 0 aliphatic carbocycles. The molecule has 62 valence electrons. The first kappa shape index (κ1) is 9.96. The van der Waals surface area contributed by atoms with Crippen molar-refractivity contribution in [2.45, 2.75) is 46.0 Å². The van der Waals surface area contributed by atoms with Crippen LogP contribution in [0.2, 0.25) is 0 Å². The van der Waals surface area contributed by atoms with Crippen LogP contribution in [0.4, 0.5) is 0 Å². The van der Waals surface area contributed by atoms with Gasteiger partial charge in [-0.25, -0.2) is 0 Å². The zero-order valence-electron chi connectivity index (χ0n) is 7.40. The van der Waals surface area contributed by atoms with Crippen molar-refractivity contribution < 1.29 is 0 Å². The van der Waals surface area contributed by atoms with Gasteiger partial charge in [0, 0.05) is 0 Å². The van der Waals surface area contributed by atoms with Gasteiger partial charge in [0.1, 0.15) is 0 Å². The molecule has 0 unspecified atom stereocenters. The van der Waals surface area contributed by atoms with Crippen molar-refractivity contribution in [3.05, 3.63) is 0 Å². The first-order valence-electron chi connectivity index (χ1n) is 4.51. The van der Waals surface area contributed by atoms with Crippen LogP contribution < -0.4 is 5.73 Å². The Kier molecular flexibility index (Phi) is 7.04. The summed E-state index contributed by atoms with van der Waals surface area (Å²) in [6.45, 7) is 5.32. The van der Waals surface area contributed by atoms with Crippen LogP contribution in [0.25, 0.3) is 0 Å². The van der Waals surface area contributed by atoms with E-state index >= 15 is 0 Å². The highest BCUT2D eigenvalue weighted by Gasteiger charge is 1.96. The zero-order valence-corrected chi connectivity index (χ0v) is 7.40. The molecule has 0 aromatic rings. The van der Waals surface area contributed by atoms with Gasteiger partial charge in [0.25, 0.3) is 0 Å². The molecule has 0 bridgehead atoms. The topological polar surface area (TPSA) is 26.0 Å². The molecule has 0 aromatic carbocycles. The van der Waals surface area contributed by atoms with E-state index in [2.05, 4.69) is 13.8 Å². The Bertz CT molecular complexity index is 61.7. The highest BCUT2D eigenvalue weighted by Crippen LogP contribution is 2.08. The minimum atomic E-state index is 0.733. The second-order valence-electron chi connectivity index (χ2n) is 3.19. The van der Waals surface area contributed by atoms with Crippen LogP contribution in [-0.2, 0) is 0 Å². The van der Waals surface area contributed by atoms with Crippen LogP contribution in [0.3, 0.4) is 0 Å². The third-order valence-corrected chi connectivity index (χ3v) is 1.95. The van der Waals surface area contributed by atoms with Gasteiger partial charge in [-0.05, 0) is 18.9 Å². The maximum absolute atomic E-state index is 5.49. The quantitative estimate of drug-likeness (QED) is 0.568. The molecular weight excluding hydrogens is 122 g/mol. The van der Waals surface area contributed by atoms with E-state index in [1.54, 1.807) is 0 Å². The molecule has 0 aliphatic rings. The molecule has 0 saturated heterocycles. The molecule has 0 amide bonds. The van der Waals surface area contributed by atoms with Crippen molar-refractivity contribution in [1.29, 1.82) is 0 Å². The average molecular weight is 143 g/mol. The van der Waals surface area contributed by atoms with Gasteiger partial charge in [-0.15, -0.1) is 0 Å². The van der Waals surface area contributed by atoms with E-state index in [1.807, 2.05) is 0 Å². The van der Waals surface area contributed by atoms with Crippen LogP contribution in [0.15, 0.2) is 0 Å². The molecule has 1 atom stereocenters. The van der Waals surface area contributed by atoms with Crippen LogP contribution in [0.5, 0.6) is 0 Å². The molecule has 0 aromatic heterocycles. The first-order valence-corrected chi connectivity index (χ1v) is 4.51. The average Bonchev–Trinajstić information content (AvgIpc) is 1.98. The lowest BCUT2D eigenvalue weighted by Gasteiger charge is -2.06. The molecule has 0 saturated carbocycles. The molecule has 0 fully saturated rings. The molecule has 2 N–H and O–H groups in total. The smallest absolute Gasteiger partial charge is 0.00515 e. The van der Waals surface area contributed by atoms with E-state index in [-0.39, 0.29) is 0 Å². The molecule has 0 radical (unpaired) electrons. The van der Waals surface area contributed by atoms with Crippen LogP contribution >= 0.6 is 0 Å².